The van der Waals surface area contributed by atoms with Crippen molar-refractivity contribution in [2.24, 2.45) is 7.05 Å². The van der Waals surface area contributed by atoms with Crippen LogP contribution in [-0.4, -0.2) is 9.78 Å². The molecule has 0 aliphatic rings. The van der Waals surface area contributed by atoms with E-state index < -0.39 is 0 Å². The summed E-state index contributed by atoms with van der Waals surface area (Å²) in [7, 11) is 1.83. The fraction of sp³-hybridized carbons (Fsp3) is 0.308. The molecule has 4 nitrogen and oxygen atoms in total. The van der Waals surface area contributed by atoms with E-state index in [4.69, 9.17) is 10.5 Å². The van der Waals surface area contributed by atoms with Crippen LogP contribution in [0.25, 0.3) is 0 Å². The molecule has 1 heterocycles. The molecule has 0 saturated carbocycles. The lowest BCUT2D eigenvalue weighted by atomic mass is 10.1. The van der Waals surface area contributed by atoms with E-state index in [1.54, 1.807) is 4.68 Å². The van der Waals surface area contributed by atoms with Crippen LogP contribution < -0.4 is 10.5 Å². The predicted molar refractivity (Wildman–Crippen MR) is 75.9 cm³/mol. The third-order valence-electron chi connectivity index (χ3n) is 2.65. The number of hydrogen-bond donors (Lipinski definition) is 1. The number of nitrogens with two attached hydrogens (primary N) is 1. The number of ether oxygens (including phenoxy) is 1. The van der Waals surface area contributed by atoms with Crippen molar-refractivity contribution >= 4 is 21.6 Å². The fourth-order valence-corrected chi connectivity index (χ4v) is 2.09. The van der Waals surface area contributed by atoms with E-state index in [0.717, 1.165) is 15.9 Å². The zero-order valence-corrected chi connectivity index (χ0v) is 12.2. The van der Waals surface area contributed by atoms with Gasteiger partial charge in [-0.3, -0.25) is 0 Å². The molecule has 0 aliphatic heterocycles. The number of halogens is 1. The van der Waals surface area contributed by atoms with Crippen molar-refractivity contribution in [2.75, 3.05) is 5.73 Å². The largest absolute Gasteiger partial charge is 0.436 e. The highest BCUT2D eigenvalue weighted by molar-refractivity contribution is 9.10. The first-order valence-electron chi connectivity index (χ1n) is 5.75. The van der Waals surface area contributed by atoms with Crippen molar-refractivity contribution < 1.29 is 4.74 Å². The Balaban J connectivity index is 2.38. The van der Waals surface area contributed by atoms with Crippen LogP contribution in [0, 0.1) is 0 Å². The molecule has 1 aromatic heterocycles. The van der Waals surface area contributed by atoms with Gasteiger partial charge in [0.2, 0.25) is 5.88 Å². The number of rotatable bonds is 3. The lowest BCUT2D eigenvalue weighted by molar-refractivity contribution is 0.430. The van der Waals surface area contributed by atoms with Crippen LogP contribution in [0.1, 0.15) is 25.5 Å². The van der Waals surface area contributed by atoms with Gasteiger partial charge in [-0.25, -0.2) is 4.68 Å². The van der Waals surface area contributed by atoms with Gasteiger partial charge in [0, 0.05) is 7.05 Å². The Labute approximate surface area is 115 Å². The van der Waals surface area contributed by atoms with Gasteiger partial charge in [0.25, 0.3) is 0 Å². The van der Waals surface area contributed by atoms with Crippen molar-refractivity contribution in [3.63, 3.8) is 0 Å². The number of anilines is 1. The Hall–Kier alpha value is -1.49. The smallest absolute Gasteiger partial charge is 0.241 e. The number of aromatic nitrogens is 2. The van der Waals surface area contributed by atoms with Crippen molar-refractivity contribution in [2.45, 2.75) is 19.8 Å². The monoisotopic (exact) mass is 309 g/mol. The molecule has 96 valence electrons. The molecule has 2 rings (SSSR count). The number of para-hydroxylation sites is 1. The third kappa shape index (κ3) is 2.36. The van der Waals surface area contributed by atoms with Crippen molar-refractivity contribution in [1.82, 2.24) is 9.78 Å². The highest BCUT2D eigenvalue weighted by Gasteiger charge is 2.18. The molecule has 0 aliphatic carbocycles. The summed E-state index contributed by atoms with van der Waals surface area (Å²) in [6.45, 7) is 4.11. The topological polar surface area (TPSA) is 53.1 Å². The Kier molecular flexibility index (Phi) is 3.61. The first kappa shape index (κ1) is 13.0. The number of nitrogens with zero attached hydrogens (tertiary/aromatic N) is 2. The van der Waals surface area contributed by atoms with E-state index in [1.165, 1.54) is 0 Å². The quantitative estimate of drug-likeness (QED) is 0.941. The molecule has 1 aromatic carbocycles. The second-order valence-corrected chi connectivity index (χ2v) is 5.27. The van der Waals surface area contributed by atoms with Crippen molar-refractivity contribution in [3.05, 3.63) is 34.4 Å². The minimum Gasteiger partial charge on any atom is -0.436 e. The summed E-state index contributed by atoms with van der Waals surface area (Å²) in [5.74, 6) is 1.57. The summed E-state index contributed by atoms with van der Waals surface area (Å²) in [5.41, 5.74) is 7.54. The van der Waals surface area contributed by atoms with Crippen LogP contribution in [0.2, 0.25) is 0 Å². The summed E-state index contributed by atoms with van der Waals surface area (Å²) >= 11 is 3.44. The van der Waals surface area contributed by atoms with E-state index in [1.807, 2.05) is 31.3 Å². The molecule has 0 saturated heterocycles. The standard InChI is InChI=1S/C13H16BrN3O/c1-8(2)12-11(15)13(17(3)16-12)18-10-7-5-4-6-9(10)14/h4-8H,15H2,1-3H3. The second kappa shape index (κ2) is 5.02. The first-order chi connectivity index (χ1) is 8.50. The van der Waals surface area contributed by atoms with Gasteiger partial charge in [-0.1, -0.05) is 26.0 Å². The predicted octanol–water partition coefficient (Wildman–Crippen LogP) is 3.68. The molecular formula is C13H16BrN3O. The van der Waals surface area contributed by atoms with E-state index in [-0.39, 0.29) is 5.92 Å². The third-order valence-corrected chi connectivity index (χ3v) is 3.30. The molecule has 2 aromatic rings. The number of benzene rings is 1. The summed E-state index contributed by atoms with van der Waals surface area (Å²) in [6.07, 6.45) is 0. The zero-order valence-electron chi connectivity index (χ0n) is 10.6. The molecule has 0 atom stereocenters. The maximum atomic E-state index is 6.08. The first-order valence-corrected chi connectivity index (χ1v) is 6.54. The lowest BCUT2D eigenvalue weighted by Crippen LogP contribution is -1.97. The van der Waals surface area contributed by atoms with Gasteiger partial charge in [-0.2, -0.15) is 5.10 Å². The van der Waals surface area contributed by atoms with Crippen LogP contribution >= 0.6 is 15.9 Å². The Bertz CT molecular complexity index is 563. The highest BCUT2D eigenvalue weighted by Crippen LogP contribution is 2.35. The average molecular weight is 310 g/mol. The summed E-state index contributed by atoms with van der Waals surface area (Å²) in [5, 5.41) is 4.39. The van der Waals surface area contributed by atoms with Gasteiger partial charge in [0.15, 0.2) is 0 Å². The maximum absolute atomic E-state index is 6.08. The van der Waals surface area contributed by atoms with E-state index in [0.29, 0.717) is 11.6 Å². The number of hydrogen-bond acceptors (Lipinski definition) is 3. The van der Waals surface area contributed by atoms with Crippen LogP contribution in [0.15, 0.2) is 28.7 Å². The van der Waals surface area contributed by atoms with Gasteiger partial charge in [0.05, 0.1) is 10.2 Å². The average Bonchev–Trinajstić information content (AvgIpc) is 2.60. The number of aryl methyl sites for hydroxylation is 1. The summed E-state index contributed by atoms with van der Waals surface area (Å²) in [4.78, 5) is 0. The Morgan fingerprint density at radius 1 is 1.33 bits per heavy atom. The highest BCUT2D eigenvalue weighted by atomic mass is 79.9. The van der Waals surface area contributed by atoms with Crippen LogP contribution in [0.3, 0.4) is 0 Å². The molecule has 0 radical (unpaired) electrons. The van der Waals surface area contributed by atoms with Gasteiger partial charge in [-0.15, -0.1) is 0 Å². The fourth-order valence-electron chi connectivity index (χ4n) is 1.72. The van der Waals surface area contributed by atoms with Crippen molar-refractivity contribution in [1.29, 1.82) is 0 Å². The van der Waals surface area contributed by atoms with Gasteiger partial charge >= 0.3 is 0 Å². The zero-order chi connectivity index (χ0) is 13.3. The van der Waals surface area contributed by atoms with Crippen LogP contribution in [0.4, 0.5) is 5.69 Å². The van der Waals surface area contributed by atoms with Gasteiger partial charge < -0.3 is 10.5 Å². The molecule has 0 fully saturated rings. The molecule has 0 amide bonds. The van der Waals surface area contributed by atoms with Gasteiger partial charge in [-0.05, 0) is 34.0 Å². The van der Waals surface area contributed by atoms with Crippen LogP contribution in [0.5, 0.6) is 11.6 Å². The molecule has 0 unspecified atom stereocenters. The van der Waals surface area contributed by atoms with E-state index in [2.05, 4.69) is 34.9 Å². The lowest BCUT2D eigenvalue weighted by Gasteiger charge is -2.08. The maximum Gasteiger partial charge on any atom is 0.241 e. The number of nitrogen functional groups attached to an aromatic ring is 1. The summed E-state index contributed by atoms with van der Waals surface area (Å²) < 4.78 is 8.39. The van der Waals surface area contributed by atoms with E-state index in [9.17, 15) is 0 Å². The Morgan fingerprint density at radius 2 is 2.00 bits per heavy atom. The molecule has 0 spiro atoms. The molecule has 18 heavy (non-hydrogen) atoms. The molecule has 0 bridgehead atoms. The van der Waals surface area contributed by atoms with Crippen LogP contribution in [-0.2, 0) is 7.05 Å². The summed E-state index contributed by atoms with van der Waals surface area (Å²) in [6, 6.07) is 7.65. The second-order valence-electron chi connectivity index (χ2n) is 4.41. The molecular weight excluding hydrogens is 294 g/mol. The van der Waals surface area contributed by atoms with Crippen molar-refractivity contribution in [3.8, 4) is 11.6 Å². The molecule has 2 N–H and O–H groups in total. The Morgan fingerprint density at radius 3 is 2.56 bits per heavy atom. The minimum absolute atomic E-state index is 0.271. The minimum atomic E-state index is 0.271. The normalized spacial score (nSPS) is 10.9. The molecule has 5 heteroatoms. The SMILES string of the molecule is CC(C)c1nn(C)c(Oc2ccccc2Br)c1N. The van der Waals surface area contributed by atoms with E-state index >= 15 is 0 Å². The van der Waals surface area contributed by atoms with Gasteiger partial charge in [0.1, 0.15) is 11.4 Å².